The van der Waals surface area contributed by atoms with E-state index in [1.165, 1.54) is 50.0 Å². The lowest BCUT2D eigenvalue weighted by atomic mass is 10.0. The number of unbranched alkanes of at least 4 members (excludes halogenated alkanes) is 1. The van der Waals surface area contributed by atoms with Crippen molar-refractivity contribution < 1.29 is 0 Å². The van der Waals surface area contributed by atoms with Crippen molar-refractivity contribution in [2.24, 2.45) is 0 Å². The molecule has 2 heterocycles. The van der Waals surface area contributed by atoms with Crippen molar-refractivity contribution in [2.45, 2.75) is 45.6 Å². The Morgan fingerprint density at radius 2 is 2.16 bits per heavy atom. The van der Waals surface area contributed by atoms with Crippen LogP contribution in [-0.4, -0.2) is 37.1 Å². The van der Waals surface area contributed by atoms with E-state index in [1.807, 2.05) is 14.1 Å². The first-order valence-corrected chi connectivity index (χ1v) is 7.52. The Kier molecular flexibility index (Phi) is 4.81. The lowest BCUT2D eigenvalue weighted by Crippen LogP contribution is -2.25. The summed E-state index contributed by atoms with van der Waals surface area (Å²) in [5.41, 5.74) is 2.62. The van der Waals surface area contributed by atoms with Gasteiger partial charge >= 0.3 is 0 Å². The molecule has 2 rings (SSSR count). The molecular weight excluding hydrogens is 234 g/mol. The lowest BCUT2D eigenvalue weighted by molar-refractivity contribution is 0.252. The van der Waals surface area contributed by atoms with Crippen molar-refractivity contribution >= 4 is 5.82 Å². The van der Waals surface area contributed by atoms with Crippen LogP contribution in [0.25, 0.3) is 0 Å². The summed E-state index contributed by atoms with van der Waals surface area (Å²) in [4.78, 5) is 9.44. The molecule has 0 spiro atoms. The van der Waals surface area contributed by atoms with Crippen LogP contribution in [-0.2, 0) is 0 Å². The number of pyridine rings is 1. The van der Waals surface area contributed by atoms with Crippen molar-refractivity contribution in [3.05, 3.63) is 23.4 Å². The third kappa shape index (κ3) is 3.27. The number of anilines is 1. The van der Waals surface area contributed by atoms with Crippen molar-refractivity contribution in [1.82, 2.24) is 9.88 Å². The van der Waals surface area contributed by atoms with Crippen LogP contribution in [0.2, 0.25) is 0 Å². The van der Waals surface area contributed by atoms with Gasteiger partial charge < -0.3 is 4.90 Å². The van der Waals surface area contributed by atoms with E-state index in [0.29, 0.717) is 6.04 Å². The van der Waals surface area contributed by atoms with Crippen LogP contribution in [0.4, 0.5) is 5.82 Å². The Morgan fingerprint density at radius 3 is 2.79 bits per heavy atom. The predicted molar refractivity (Wildman–Crippen MR) is 81.8 cm³/mol. The molecule has 0 unspecified atom stereocenters. The van der Waals surface area contributed by atoms with Crippen molar-refractivity contribution in [1.29, 1.82) is 0 Å². The van der Waals surface area contributed by atoms with E-state index in [9.17, 15) is 0 Å². The van der Waals surface area contributed by atoms with Crippen molar-refractivity contribution in [2.75, 3.05) is 32.1 Å². The van der Waals surface area contributed by atoms with Gasteiger partial charge in [0.25, 0.3) is 0 Å². The molecule has 0 aliphatic carbocycles. The van der Waals surface area contributed by atoms with E-state index >= 15 is 0 Å². The molecule has 3 heteroatoms. The van der Waals surface area contributed by atoms with Gasteiger partial charge in [0.2, 0.25) is 0 Å². The average Bonchev–Trinajstić information content (AvgIpc) is 2.84. The van der Waals surface area contributed by atoms with Gasteiger partial charge in [-0.15, -0.1) is 0 Å². The Morgan fingerprint density at radius 1 is 1.37 bits per heavy atom. The standard InChI is InChI=1S/C16H27N3/c1-5-6-11-19-12-7-8-15(19)14-9-10-16(18(3)4)17-13(14)2/h9-10,15H,5-8,11-12H2,1-4H3/t15-/m0/s1. The average molecular weight is 261 g/mol. The Balaban J connectivity index is 2.16. The van der Waals surface area contributed by atoms with Crippen LogP contribution < -0.4 is 4.90 Å². The fourth-order valence-electron chi connectivity index (χ4n) is 2.97. The quantitative estimate of drug-likeness (QED) is 0.810. The zero-order chi connectivity index (χ0) is 13.8. The van der Waals surface area contributed by atoms with Gasteiger partial charge in [0, 0.05) is 25.8 Å². The van der Waals surface area contributed by atoms with Gasteiger partial charge in [-0.25, -0.2) is 4.98 Å². The lowest BCUT2D eigenvalue weighted by Gasteiger charge is -2.26. The number of hydrogen-bond donors (Lipinski definition) is 0. The molecule has 0 aromatic carbocycles. The molecule has 3 nitrogen and oxygen atoms in total. The molecule has 1 atom stereocenters. The zero-order valence-electron chi connectivity index (χ0n) is 12.8. The van der Waals surface area contributed by atoms with Gasteiger partial charge in [-0.2, -0.15) is 0 Å². The first-order valence-electron chi connectivity index (χ1n) is 7.52. The molecule has 0 bridgehead atoms. The highest BCUT2D eigenvalue weighted by Gasteiger charge is 2.26. The first-order chi connectivity index (χ1) is 9.13. The van der Waals surface area contributed by atoms with E-state index < -0.39 is 0 Å². The minimum Gasteiger partial charge on any atom is -0.363 e. The van der Waals surface area contributed by atoms with Crippen molar-refractivity contribution in [3.8, 4) is 0 Å². The molecule has 0 amide bonds. The number of aromatic nitrogens is 1. The van der Waals surface area contributed by atoms with Gasteiger partial charge in [-0.1, -0.05) is 19.4 Å². The summed E-state index contributed by atoms with van der Waals surface area (Å²) in [5.74, 6) is 1.05. The number of aryl methyl sites for hydroxylation is 1. The van der Waals surface area contributed by atoms with E-state index in [4.69, 9.17) is 4.98 Å². The molecule has 1 aromatic heterocycles. The fraction of sp³-hybridized carbons (Fsp3) is 0.688. The zero-order valence-corrected chi connectivity index (χ0v) is 12.8. The normalized spacial score (nSPS) is 19.9. The third-order valence-corrected chi connectivity index (χ3v) is 4.09. The summed E-state index contributed by atoms with van der Waals surface area (Å²) >= 11 is 0. The van der Waals surface area contributed by atoms with E-state index in [0.717, 1.165) is 5.82 Å². The Hall–Kier alpha value is -1.09. The second-order valence-corrected chi connectivity index (χ2v) is 5.79. The highest BCUT2D eigenvalue weighted by atomic mass is 15.2. The maximum absolute atomic E-state index is 4.73. The molecule has 1 aliphatic heterocycles. The summed E-state index contributed by atoms with van der Waals surface area (Å²) in [6, 6.07) is 5.03. The SMILES string of the molecule is CCCCN1CCC[C@H]1c1ccc(N(C)C)nc1C. The number of hydrogen-bond acceptors (Lipinski definition) is 3. The number of nitrogens with zero attached hydrogens (tertiary/aromatic N) is 3. The van der Waals surface area contributed by atoms with Crippen LogP contribution in [0.15, 0.2) is 12.1 Å². The smallest absolute Gasteiger partial charge is 0.128 e. The van der Waals surface area contributed by atoms with Crippen LogP contribution in [0.3, 0.4) is 0 Å². The molecule has 1 aliphatic rings. The number of rotatable bonds is 5. The van der Waals surface area contributed by atoms with Crippen molar-refractivity contribution in [3.63, 3.8) is 0 Å². The monoisotopic (exact) mass is 261 g/mol. The molecule has 1 saturated heterocycles. The summed E-state index contributed by atoms with van der Waals surface area (Å²) < 4.78 is 0. The molecule has 0 radical (unpaired) electrons. The summed E-state index contributed by atoms with van der Waals surface area (Å²) in [6.45, 7) is 6.90. The van der Waals surface area contributed by atoms with Gasteiger partial charge in [-0.05, 0) is 50.9 Å². The molecule has 0 saturated carbocycles. The summed E-state index contributed by atoms with van der Waals surface area (Å²) in [7, 11) is 4.09. The van der Waals surface area contributed by atoms with E-state index in [2.05, 4.69) is 35.8 Å². The molecule has 0 N–H and O–H groups in total. The maximum atomic E-state index is 4.73. The fourth-order valence-corrected chi connectivity index (χ4v) is 2.97. The van der Waals surface area contributed by atoms with Crippen LogP contribution >= 0.6 is 0 Å². The third-order valence-electron chi connectivity index (χ3n) is 4.09. The highest BCUT2D eigenvalue weighted by Crippen LogP contribution is 2.33. The Labute approximate surface area is 117 Å². The summed E-state index contributed by atoms with van der Waals surface area (Å²) in [6.07, 6.45) is 5.19. The highest BCUT2D eigenvalue weighted by molar-refractivity contribution is 5.41. The summed E-state index contributed by atoms with van der Waals surface area (Å²) in [5, 5.41) is 0. The van der Waals surface area contributed by atoms with Gasteiger partial charge in [0.15, 0.2) is 0 Å². The van der Waals surface area contributed by atoms with E-state index in [-0.39, 0.29) is 0 Å². The largest absolute Gasteiger partial charge is 0.363 e. The molecule has 106 valence electrons. The van der Waals surface area contributed by atoms with Gasteiger partial charge in [-0.3, -0.25) is 4.90 Å². The predicted octanol–water partition coefficient (Wildman–Crippen LogP) is 3.39. The number of likely N-dealkylation sites (tertiary alicyclic amines) is 1. The minimum absolute atomic E-state index is 0.593. The minimum atomic E-state index is 0.593. The Bertz CT molecular complexity index is 414. The molecule has 1 fully saturated rings. The molecule has 19 heavy (non-hydrogen) atoms. The van der Waals surface area contributed by atoms with Gasteiger partial charge in [0.1, 0.15) is 5.82 Å². The first kappa shape index (κ1) is 14.3. The van der Waals surface area contributed by atoms with Crippen LogP contribution in [0.5, 0.6) is 0 Å². The second-order valence-electron chi connectivity index (χ2n) is 5.79. The van der Waals surface area contributed by atoms with Crippen LogP contribution in [0.1, 0.15) is 49.9 Å². The van der Waals surface area contributed by atoms with E-state index in [1.54, 1.807) is 0 Å². The van der Waals surface area contributed by atoms with Crippen LogP contribution in [0, 0.1) is 6.92 Å². The maximum Gasteiger partial charge on any atom is 0.128 e. The van der Waals surface area contributed by atoms with Gasteiger partial charge in [0.05, 0.1) is 0 Å². The second kappa shape index (κ2) is 6.38. The topological polar surface area (TPSA) is 19.4 Å². The molecular formula is C16H27N3. The molecule has 1 aromatic rings.